The third-order valence-electron chi connectivity index (χ3n) is 6.27. The number of Topliss-reactive ketones (excluding diaryl/α,β-unsaturated/α-hetero) is 1. The molecule has 3 amide bonds. The third kappa shape index (κ3) is 4.71. The van der Waals surface area contributed by atoms with E-state index < -0.39 is 0 Å². The SMILES string of the molecule is Cc1c(C(=O)Nc2ccc(NC(=O)N3CCCCCC3)cc2)oc2c1C(=O)CC(C)(C)C2. The van der Waals surface area contributed by atoms with Gasteiger partial charge in [-0.2, -0.15) is 0 Å². The van der Waals surface area contributed by atoms with Gasteiger partial charge in [0.1, 0.15) is 5.76 Å². The molecule has 2 heterocycles. The zero-order valence-electron chi connectivity index (χ0n) is 19.0. The van der Waals surface area contributed by atoms with Crippen LogP contribution in [0.4, 0.5) is 16.2 Å². The van der Waals surface area contributed by atoms with Gasteiger partial charge in [-0.1, -0.05) is 26.7 Å². The van der Waals surface area contributed by atoms with Gasteiger partial charge in [-0.3, -0.25) is 9.59 Å². The molecular formula is C25H31N3O4. The Kier molecular flexibility index (Phi) is 6.09. The first-order chi connectivity index (χ1) is 15.2. The van der Waals surface area contributed by atoms with E-state index in [2.05, 4.69) is 10.6 Å². The summed E-state index contributed by atoms with van der Waals surface area (Å²) in [6.07, 6.45) is 5.50. The maximum Gasteiger partial charge on any atom is 0.321 e. The van der Waals surface area contributed by atoms with Gasteiger partial charge in [0.15, 0.2) is 11.5 Å². The molecule has 1 aliphatic heterocycles. The van der Waals surface area contributed by atoms with Gasteiger partial charge in [0, 0.05) is 42.9 Å². The number of nitrogens with one attached hydrogen (secondary N) is 2. The maximum atomic E-state index is 12.8. The molecule has 2 aromatic rings. The summed E-state index contributed by atoms with van der Waals surface area (Å²) in [5, 5.41) is 5.75. The molecule has 0 radical (unpaired) electrons. The number of furan rings is 1. The Bertz CT molecular complexity index is 1030. The summed E-state index contributed by atoms with van der Waals surface area (Å²) >= 11 is 0. The monoisotopic (exact) mass is 437 g/mol. The molecule has 2 N–H and O–H groups in total. The van der Waals surface area contributed by atoms with Gasteiger partial charge in [-0.15, -0.1) is 0 Å². The van der Waals surface area contributed by atoms with Crippen LogP contribution in [-0.4, -0.2) is 35.7 Å². The van der Waals surface area contributed by atoms with Crippen molar-refractivity contribution in [3.63, 3.8) is 0 Å². The molecule has 32 heavy (non-hydrogen) atoms. The Balaban J connectivity index is 1.41. The van der Waals surface area contributed by atoms with Crippen molar-refractivity contribution in [2.45, 2.75) is 59.3 Å². The molecule has 0 spiro atoms. The minimum Gasteiger partial charge on any atom is -0.455 e. The average Bonchev–Trinajstić information content (AvgIpc) is 2.90. The summed E-state index contributed by atoms with van der Waals surface area (Å²) in [7, 11) is 0. The number of anilines is 2. The van der Waals surface area contributed by atoms with E-state index in [0.717, 1.165) is 25.9 Å². The topological polar surface area (TPSA) is 91.7 Å². The summed E-state index contributed by atoms with van der Waals surface area (Å²) in [6.45, 7) is 7.38. The van der Waals surface area contributed by atoms with E-state index in [9.17, 15) is 14.4 Å². The van der Waals surface area contributed by atoms with Crippen molar-refractivity contribution in [1.82, 2.24) is 4.90 Å². The summed E-state index contributed by atoms with van der Waals surface area (Å²) in [4.78, 5) is 39.7. The van der Waals surface area contributed by atoms with Crippen LogP contribution in [-0.2, 0) is 6.42 Å². The molecule has 1 aromatic heterocycles. The molecule has 7 nitrogen and oxygen atoms in total. The van der Waals surface area contributed by atoms with Crippen molar-refractivity contribution in [2.24, 2.45) is 5.41 Å². The first-order valence-electron chi connectivity index (χ1n) is 11.4. The van der Waals surface area contributed by atoms with Crippen LogP contribution in [0.3, 0.4) is 0 Å². The summed E-state index contributed by atoms with van der Waals surface area (Å²) < 4.78 is 5.84. The van der Waals surface area contributed by atoms with Gasteiger partial charge < -0.3 is 20.0 Å². The zero-order chi connectivity index (χ0) is 22.9. The lowest BCUT2D eigenvalue weighted by molar-refractivity contribution is 0.0898. The van der Waals surface area contributed by atoms with Crippen LogP contribution in [0.1, 0.15) is 78.2 Å². The molecule has 0 unspecified atom stereocenters. The molecular weight excluding hydrogens is 406 g/mol. The molecule has 0 saturated carbocycles. The fourth-order valence-electron chi connectivity index (χ4n) is 4.60. The van der Waals surface area contributed by atoms with Gasteiger partial charge in [0.25, 0.3) is 5.91 Å². The van der Waals surface area contributed by atoms with E-state index in [-0.39, 0.29) is 28.9 Å². The first kappa shape index (κ1) is 22.1. The highest BCUT2D eigenvalue weighted by Crippen LogP contribution is 2.38. The predicted octanol–water partition coefficient (Wildman–Crippen LogP) is 5.40. The smallest absolute Gasteiger partial charge is 0.321 e. The molecule has 0 bridgehead atoms. The number of nitrogens with zero attached hydrogens (tertiary/aromatic N) is 1. The Morgan fingerprint density at radius 1 is 0.938 bits per heavy atom. The highest BCUT2D eigenvalue weighted by Gasteiger charge is 2.37. The lowest BCUT2D eigenvalue weighted by Gasteiger charge is -2.27. The minimum atomic E-state index is -0.385. The Morgan fingerprint density at radius 2 is 1.53 bits per heavy atom. The van der Waals surface area contributed by atoms with Crippen LogP contribution in [0.15, 0.2) is 28.7 Å². The number of hydrogen-bond acceptors (Lipinski definition) is 4. The number of amides is 3. The maximum absolute atomic E-state index is 12.8. The van der Waals surface area contributed by atoms with Crippen LogP contribution < -0.4 is 10.6 Å². The number of hydrogen-bond donors (Lipinski definition) is 2. The van der Waals surface area contributed by atoms with Crippen molar-refractivity contribution in [2.75, 3.05) is 23.7 Å². The van der Waals surface area contributed by atoms with Gasteiger partial charge >= 0.3 is 6.03 Å². The lowest BCUT2D eigenvalue weighted by atomic mass is 9.76. The normalized spacial score (nSPS) is 18.0. The molecule has 7 heteroatoms. The van der Waals surface area contributed by atoms with Gasteiger partial charge in [0.2, 0.25) is 0 Å². The number of rotatable bonds is 3. The molecule has 1 aromatic carbocycles. The van der Waals surface area contributed by atoms with Crippen molar-refractivity contribution >= 4 is 29.1 Å². The van der Waals surface area contributed by atoms with E-state index in [0.29, 0.717) is 41.1 Å². The Hall–Kier alpha value is -3.09. The lowest BCUT2D eigenvalue weighted by Crippen LogP contribution is -2.35. The number of benzene rings is 1. The highest BCUT2D eigenvalue weighted by molar-refractivity contribution is 6.07. The number of carbonyl (C=O) groups excluding carboxylic acids is 3. The molecule has 1 aliphatic carbocycles. The van der Waals surface area contributed by atoms with Crippen LogP contribution in [0.2, 0.25) is 0 Å². The van der Waals surface area contributed by atoms with Crippen LogP contribution in [0, 0.1) is 12.3 Å². The standard InChI is InChI=1S/C25H31N3O4/c1-16-21-19(29)14-25(2,3)15-20(21)32-22(16)23(30)26-17-8-10-18(11-9-17)27-24(31)28-12-6-4-5-7-13-28/h8-11H,4-7,12-15H2,1-3H3,(H,26,30)(H,27,31). The van der Waals surface area contributed by atoms with E-state index >= 15 is 0 Å². The predicted molar refractivity (Wildman–Crippen MR) is 123 cm³/mol. The summed E-state index contributed by atoms with van der Waals surface area (Å²) in [6, 6.07) is 6.91. The molecule has 1 saturated heterocycles. The van der Waals surface area contributed by atoms with E-state index in [1.165, 1.54) is 12.8 Å². The zero-order valence-corrected chi connectivity index (χ0v) is 19.0. The van der Waals surface area contributed by atoms with E-state index in [1.807, 2.05) is 18.7 Å². The number of fused-ring (bicyclic) bond motifs is 1. The minimum absolute atomic E-state index is 0.0288. The number of likely N-dealkylation sites (tertiary alicyclic amines) is 1. The van der Waals surface area contributed by atoms with Gasteiger partial charge in [-0.05, 0) is 49.4 Å². The van der Waals surface area contributed by atoms with Crippen molar-refractivity contribution in [3.05, 3.63) is 46.9 Å². The molecule has 1 fully saturated rings. The fraction of sp³-hybridized carbons (Fsp3) is 0.480. The van der Waals surface area contributed by atoms with E-state index in [1.54, 1.807) is 31.2 Å². The summed E-state index contributed by atoms with van der Waals surface area (Å²) in [5.41, 5.74) is 2.24. The van der Waals surface area contributed by atoms with Crippen LogP contribution in [0.5, 0.6) is 0 Å². The van der Waals surface area contributed by atoms with E-state index in [4.69, 9.17) is 4.42 Å². The summed E-state index contributed by atoms with van der Waals surface area (Å²) in [5.74, 6) is 0.421. The molecule has 170 valence electrons. The molecule has 2 aliphatic rings. The van der Waals surface area contributed by atoms with Crippen molar-refractivity contribution < 1.29 is 18.8 Å². The van der Waals surface area contributed by atoms with Gasteiger partial charge in [0.05, 0.1) is 5.56 Å². The van der Waals surface area contributed by atoms with Crippen molar-refractivity contribution in [1.29, 1.82) is 0 Å². The second-order valence-corrected chi connectivity index (χ2v) is 9.66. The largest absolute Gasteiger partial charge is 0.455 e. The fourth-order valence-corrected chi connectivity index (χ4v) is 4.60. The highest BCUT2D eigenvalue weighted by atomic mass is 16.4. The van der Waals surface area contributed by atoms with Crippen molar-refractivity contribution in [3.8, 4) is 0 Å². The number of ketones is 1. The number of carbonyl (C=O) groups is 3. The van der Waals surface area contributed by atoms with Crippen LogP contribution in [0.25, 0.3) is 0 Å². The second kappa shape index (κ2) is 8.81. The molecule has 4 rings (SSSR count). The second-order valence-electron chi connectivity index (χ2n) is 9.66. The number of urea groups is 1. The van der Waals surface area contributed by atoms with Gasteiger partial charge in [-0.25, -0.2) is 4.79 Å². The first-order valence-corrected chi connectivity index (χ1v) is 11.4. The van der Waals surface area contributed by atoms with Crippen LogP contribution >= 0.6 is 0 Å². The Labute approximate surface area is 188 Å². The third-order valence-corrected chi connectivity index (χ3v) is 6.27. The average molecular weight is 438 g/mol. The molecule has 0 atom stereocenters. The quantitative estimate of drug-likeness (QED) is 0.672. The Morgan fingerprint density at radius 3 is 2.16 bits per heavy atom.